The fourth-order valence-electron chi connectivity index (χ4n) is 8.31. The van der Waals surface area contributed by atoms with Gasteiger partial charge in [-0.05, 0) is 86.5 Å². The molecule has 1 amide bonds. The van der Waals surface area contributed by atoms with Crippen LogP contribution in [0.4, 0.5) is 4.79 Å². The second-order valence-electron chi connectivity index (χ2n) is 11.9. The van der Waals surface area contributed by atoms with Crippen molar-refractivity contribution in [3.05, 3.63) is 11.6 Å². The Morgan fingerprint density at radius 3 is 2.64 bits per heavy atom. The van der Waals surface area contributed by atoms with E-state index in [1.165, 1.54) is 29.7 Å². The van der Waals surface area contributed by atoms with Gasteiger partial charge in [-0.25, -0.2) is 4.79 Å². The second-order valence-corrected chi connectivity index (χ2v) is 11.9. The summed E-state index contributed by atoms with van der Waals surface area (Å²) in [7, 11) is 0. The first-order chi connectivity index (χ1) is 17.2. The lowest BCUT2D eigenvalue weighted by molar-refractivity contribution is -0.117. The lowest BCUT2D eigenvalue weighted by Crippen LogP contribution is -2.51. The normalized spacial score (nSPS) is 36.0. The molecule has 4 aliphatic rings. The first-order valence-corrected chi connectivity index (χ1v) is 13.9. The van der Waals surface area contributed by atoms with Crippen LogP contribution in [0.1, 0.15) is 72.1 Å². The molecular formula is C28H45N3O5. The Morgan fingerprint density at radius 2 is 1.89 bits per heavy atom. The summed E-state index contributed by atoms with van der Waals surface area (Å²) in [6, 6.07) is 0. The summed E-state index contributed by atoms with van der Waals surface area (Å²) in [4.78, 5) is 31.5. The highest BCUT2D eigenvalue weighted by molar-refractivity contribution is 5.91. The molecule has 0 aliphatic heterocycles. The largest absolute Gasteiger partial charge is 0.436 e. The molecule has 0 saturated heterocycles. The molecular weight excluding hydrogens is 458 g/mol. The number of hydrogen-bond donors (Lipinski definition) is 3. The maximum Gasteiger partial charge on any atom is 0.436 e. The summed E-state index contributed by atoms with van der Waals surface area (Å²) in [6.45, 7) is 8.25. The number of aliphatic hydroxyl groups excluding tert-OH is 2. The van der Waals surface area contributed by atoms with Crippen molar-refractivity contribution in [3.63, 3.8) is 0 Å². The lowest BCUT2D eigenvalue weighted by Gasteiger charge is -2.58. The number of allylic oxidation sites excluding steroid dienone is 1. The van der Waals surface area contributed by atoms with Crippen LogP contribution in [0.5, 0.6) is 0 Å². The van der Waals surface area contributed by atoms with Crippen molar-refractivity contribution < 1.29 is 24.6 Å². The Morgan fingerprint density at radius 1 is 1.08 bits per heavy atom. The van der Waals surface area contributed by atoms with Gasteiger partial charge in [-0.1, -0.05) is 24.6 Å². The highest BCUT2D eigenvalue weighted by Crippen LogP contribution is 2.66. The number of fused-ring (bicyclic) bond motifs is 5. The minimum absolute atomic E-state index is 0.0352. The molecule has 0 bridgehead atoms. The third kappa shape index (κ3) is 5.14. The number of ketones is 1. The molecule has 0 spiro atoms. The van der Waals surface area contributed by atoms with Crippen molar-refractivity contribution >= 4 is 17.6 Å². The molecule has 8 nitrogen and oxygen atoms in total. The van der Waals surface area contributed by atoms with Crippen LogP contribution in [-0.4, -0.2) is 72.1 Å². The van der Waals surface area contributed by atoms with Crippen LogP contribution in [0.25, 0.3) is 0 Å². The molecule has 4 aliphatic carbocycles. The van der Waals surface area contributed by atoms with Gasteiger partial charge >= 0.3 is 6.09 Å². The topological polar surface area (TPSA) is 111 Å². The highest BCUT2D eigenvalue weighted by Gasteiger charge is 2.59. The number of amides is 1. The summed E-state index contributed by atoms with van der Waals surface area (Å²) in [5.41, 5.74) is 2.63. The van der Waals surface area contributed by atoms with Crippen molar-refractivity contribution in [2.24, 2.45) is 39.7 Å². The highest BCUT2D eigenvalue weighted by atomic mass is 16.7. The Labute approximate surface area is 215 Å². The summed E-state index contributed by atoms with van der Waals surface area (Å²) in [6.07, 6.45) is 9.94. The number of nitrogens with zero attached hydrogens (tertiary/aromatic N) is 2. The number of oxime groups is 1. The third-order valence-corrected chi connectivity index (χ3v) is 10.2. The van der Waals surface area contributed by atoms with Gasteiger partial charge in [0.15, 0.2) is 5.78 Å². The minimum Gasteiger partial charge on any atom is -0.395 e. The van der Waals surface area contributed by atoms with E-state index in [1.807, 2.05) is 13.0 Å². The first kappa shape index (κ1) is 27.3. The fourth-order valence-corrected chi connectivity index (χ4v) is 8.31. The van der Waals surface area contributed by atoms with Crippen LogP contribution in [0, 0.1) is 34.5 Å². The summed E-state index contributed by atoms with van der Waals surface area (Å²) < 4.78 is 0. The summed E-state index contributed by atoms with van der Waals surface area (Å²) >= 11 is 0. The quantitative estimate of drug-likeness (QED) is 0.192. The SMILES string of the molecule is C/C(=N\OC(=O)N(CCO)CCNCCO)[C@H]1CC[C@H]2[C@@H]3CCC4=CC(=O)CC[C@]4(C)[C@H]3CC[C@]12C. The number of nitrogens with one attached hydrogen (secondary N) is 1. The Hall–Kier alpha value is -1.77. The van der Waals surface area contributed by atoms with Crippen molar-refractivity contribution in [1.82, 2.24) is 10.2 Å². The minimum atomic E-state index is -0.552. The molecule has 0 radical (unpaired) electrons. The van der Waals surface area contributed by atoms with Crippen molar-refractivity contribution in [2.75, 3.05) is 39.4 Å². The number of carbonyl (C=O) groups excluding carboxylic acids is 2. The zero-order chi connectivity index (χ0) is 25.9. The first-order valence-electron chi connectivity index (χ1n) is 13.9. The van der Waals surface area contributed by atoms with E-state index in [9.17, 15) is 14.7 Å². The molecule has 3 N–H and O–H groups in total. The van der Waals surface area contributed by atoms with Gasteiger partial charge in [-0.15, -0.1) is 0 Å². The average molecular weight is 504 g/mol. The van der Waals surface area contributed by atoms with Crippen molar-refractivity contribution in [3.8, 4) is 0 Å². The van der Waals surface area contributed by atoms with Crippen LogP contribution in [0.3, 0.4) is 0 Å². The van der Waals surface area contributed by atoms with E-state index in [0.29, 0.717) is 55.5 Å². The maximum absolute atomic E-state index is 12.6. The fraction of sp³-hybridized carbons (Fsp3) is 0.821. The molecule has 3 fully saturated rings. The van der Waals surface area contributed by atoms with Crippen molar-refractivity contribution in [1.29, 1.82) is 0 Å². The molecule has 4 rings (SSSR count). The molecule has 6 atom stereocenters. The Bertz CT molecular complexity index is 888. The Kier molecular flexibility index (Phi) is 8.57. The van der Waals surface area contributed by atoms with Gasteiger partial charge in [-0.3, -0.25) is 9.63 Å². The summed E-state index contributed by atoms with van der Waals surface area (Å²) in [5, 5.41) is 25.6. The molecule has 0 aromatic carbocycles. The predicted octanol–water partition coefficient (Wildman–Crippen LogP) is 3.52. The van der Waals surface area contributed by atoms with Gasteiger partial charge < -0.3 is 20.4 Å². The second kappa shape index (κ2) is 11.3. The summed E-state index contributed by atoms with van der Waals surface area (Å²) in [5.74, 6) is 2.59. The predicted molar refractivity (Wildman–Crippen MR) is 138 cm³/mol. The molecule has 0 heterocycles. The van der Waals surface area contributed by atoms with E-state index in [0.717, 1.165) is 31.4 Å². The smallest absolute Gasteiger partial charge is 0.395 e. The monoisotopic (exact) mass is 503 g/mol. The third-order valence-electron chi connectivity index (χ3n) is 10.2. The lowest BCUT2D eigenvalue weighted by atomic mass is 9.46. The molecule has 0 aromatic heterocycles. The molecule has 8 heteroatoms. The van der Waals surface area contributed by atoms with Gasteiger partial charge in [0.2, 0.25) is 0 Å². The number of rotatable bonds is 9. The van der Waals surface area contributed by atoms with Gasteiger partial charge in [0.25, 0.3) is 0 Å². The Balaban J connectivity index is 1.41. The van der Waals surface area contributed by atoms with E-state index in [4.69, 9.17) is 9.94 Å². The van der Waals surface area contributed by atoms with E-state index < -0.39 is 6.09 Å². The molecule has 202 valence electrons. The van der Waals surface area contributed by atoms with Gasteiger partial charge in [-0.2, -0.15) is 0 Å². The molecule has 36 heavy (non-hydrogen) atoms. The van der Waals surface area contributed by atoms with Crippen LogP contribution in [0.2, 0.25) is 0 Å². The van der Waals surface area contributed by atoms with Crippen LogP contribution in [-0.2, 0) is 9.63 Å². The van der Waals surface area contributed by atoms with Gasteiger partial charge in [0.1, 0.15) is 0 Å². The van der Waals surface area contributed by atoms with E-state index in [1.54, 1.807) is 0 Å². The molecule has 0 aromatic rings. The maximum atomic E-state index is 12.6. The van der Waals surface area contributed by atoms with Crippen LogP contribution in [0.15, 0.2) is 16.8 Å². The average Bonchev–Trinajstić information content (AvgIpc) is 3.22. The zero-order valence-electron chi connectivity index (χ0n) is 22.3. The standard InChI is InChI=1S/C28H45N3O5/c1-19(30-36-26(35)31(15-17-33)14-12-29-13-16-32)23-6-7-24-22-5-4-20-18-21(34)8-10-27(20,2)25(22)9-11-28(23,24)3/h18,22-25,29,32-33H,4-17H2,1-3H3/b30-19+/t22-,23+,24-,25-,27-,28+/m0/s1. The van der Waals surface area contributed by atoms with E-state index in [-0.39, 0.29) is 30.6 Å². The van der Waals surface area contributed by atoms with E-state index >= 15 is 0 Å². The van der Waals surface area contributed by atoms with Gasteiger partial charge in [0, 0.05) is 38.5 Å². The molecule has 3 saturated carbocycles. The van der Waals surface area contributed by atoms with Crippen LogP contribution >= 0.6 is 0 Å². The van der Waals surface area contributed by atoms with E-state index in [2.05, 4.69) is 24.3 Å². The van der Waals surface area contributed by atoms with Crippen LogP contribution < -0.4 is 5.32 Å². The molecule has 0 unspecified atom stereocenters. The zero-order valence-corrected chi connectivity index (χ0v) is 22.3. The number of hydrogen-bond acceptors (Lipinski definition) is 7. The van der Waals surface area contributed by atoms with Gasteiger partial charge in [0.05, 0.1) is 18.9 Å². The number of aliphatic hydroxyl groups is 2. The number of carbonyl (C=O) groups is 2. The van der Waals surface area contributed by atoms with Crippen molar-refractivity contribution in [2.45, 2.75) is 72.1 Å².